The van der Waals surface area contributed by atoms with E-state index in [1.165, 1.54) is 66.1 Å². The van der Waals surface area contributed by atoms with Gasteiger partial charge in [0.1, 0.15) is 0 Å². The zero-order valence-corrected chi connectivity index (χ0v) is 28.2. The molecule has 0 aromatic heterocycles. The monoisotopic (exact) mass is 649 g/mol. The van der Waals surface area contributed by atoms with E-state index in [1.54, 1.807) is 0 Å². The molecule has 0 saturated carbocycles. The Balaban J connectivity index is 1.32. The maximum Gasteiger partial charge on any atom is 0.0546 e. The predicted octanol–water partition coefficient (Wildman–Crippen LogP) is 14.1. The molecule has 0 aliphatic carbocycles. The molecular formula is C50H35N. The van der Waals surface area contributed by atoms with E-state index in [-0.39, 0.29) is 0 Å². The van der Waals surface area contributed by atoms with Gasteiger partial charge in [0.25, 0.3) is 0 Å². The Bertz CT molecular complexity index is 2610. The normalized spacial score (nSPS) is 11.1. The van der Waals surface area contributed by atoms with Gasteiger partial charge < -0.3 is 4.90 Å². The van der Waals surface area contributed by atoms with E-state index in [1.807, 2.05) is 0 Å². The van der Waals surface area contributed by atoms with Gasteiger partial charge in [-0.1, -0.05) is 194 Å². The number of benzene rings is 9. The van der Waals surface area contributed by atoms with Crippen LogP contribution in [0.15, 0.2) is 212 Å². The molecule has 9 rings (SSSR count). The molecule has 0 atom stereocenters. The number of hydrogen-bond donors (Lipinski definition) is 0. The third kappa shape index (κ3) is 5.75. The average Bonchev–Trinajstić information content (AvgIpc) is 3.22. The second kappa shape index (κ2) is 13.3. The van der Waals surface area contributed by atoms with Crippen LogP contribution in [0.1, 0.15) is 0 Å². The van der Waals surface area contributed by atoms with Gasteiger partial charge in [-0.05, 0) is 67.7 Å². The van der Waals surface area contributed by atoms with Gasteiger partial charge in [0.05, 0.1) is 17.1 Å². The zero-order valence-electron chi connectivity index (χ0n) is 28.2. The van der Waals surface area contributed by atoms with E-state index in [0.717, 1.165) is 17.1 Å². The molecule has 1 nitrogen and oxygen atoms in total. The minimum Gasteiger partial charge on any atom is -0.309 e. The molecule has 0 radical (unpaired) electrons. The summed E-state index contributed by atoms with van der Waals surface area (Å²) in [6.07, 6.45) is 0. The highest BCUT2D eigenvalue weighted by atomic mass is 15.1. The molecule has 240 valence electrons. The maximum atomic E-state index is 2.49. The van der Waals surface area contributed by atoms with Crippen molar-refractivity contribution in [1.82, 2.24) is 0 Å². The van der Waals surface area contributed by atoms with E-state index in [4.69, 9.17) is 0 Å². The molecule has 0 aliphatic rings. The lowest BCUT2D eigenvalue weighted by molar-refractivity contribution is 1.30. The maximum absolute atomic E-state index is 2.49. The molecular weight excluding hydrogens is 615 g/mol. The van der Waals surface area contributed by atoms with Gasteiger partial charge in [-0.2, -0.15) is 0 Å². The van der Waals surface area contributed by atoms with Crippen LogP contribution in [0.3, 0.4) is 0 Å². The van der Waals surface area contributed by atoms with Crippen molar-refractivity contribution in [2.45, 2.75) is 0 Å². The highest BCUT2D eigenvalue weighted by Crippen LogP contribution is 2.48. The highest BCUT2D eigenvalue weighted by Gasteiger charge is 2.23. The molecule has 9 aromatic carbocycles. The van der Waals surface area contributed by atoms with Gasteiger partial charge in [-0.3, -0.25) is 0 Å². The number of fused-ring (bicyclic) bond motifs is 2. The van der Waals surface area contributed by atoms with Gasteiger partial charge in [-0.15, -0.1) is 0 Å². The summed E-state index contributed by atoms with van der Waals surface area (Å²) >= 11 is 0. The molecule has 0 saturated heterocycles. The van der Waals surface area contributed by atoms with Crippen LogP contribution in [0.25, 0.3) is 66.1 Å². The molecule has 1 heteroatoms. The van der Waals surface area contributed by atoms with E-state index in [9.17, 15) is 0 Å². The fourth-order valence-electron chi connectivity index (χ4n) is 7.40. The van der Waals surface area contributed by atoms with Crippen molar-refractivity contribution in [2.75, 3.05) is 4.90 Å². The average molecular weight is 650 g/mol. The first-order valence-corrected chi connectivity index (χ1v) is 17.5. The Hall–Kier alpha value is -6.70. The molecule has 0 heterocycles. The number of rotatable bonds is 7. The Morgan fingerprint density at radius 2 is 0.686 bits per heavy atom. The van der Waals surface area contributed by atoms with Crippen LogP contribution in [0, 0.1) is 0 Å². The van der Waals surface area contributed by atoms with Gasteiger partial charge in [0.2, 0.25) is 0 Å². The predicted molar refractivity (Wildman–Crippen MR) is 218 cm³/mol. The number of anilines is 3. The van der Waals surface area contributed by atoms with Crippen LogP contribution in [0.5, 0.6) is 0 Å². The first-order chi connectivity index (χ1) is 25.3. The molecule has 0 bridgehead atoms. The third-order valence-corrected chi connectivity index (χ3v) is 9.88. The smallest absolute Gasteiger partial charge is 0.0546 e. The standard InChI is InChI=1S/C50H35N/c1-3-15-36(16-4-1)37-29-31-41(32-30-37)46-25-11-12-27-48(46)51(49-28-14-22-40-20-8-10-24-45(40)49)50-35-42(33-34-47(50)39-17-5-2-6-18-39)44-26-13-21-38-19-7-9-23-43(38)44/h1-35H. The van der Waals surface area contributed by atoms with Crippen LogP contribution < -0.4 is 4.90 Å². The lowest BCUT2D eigenvalue weighted by atomic mass is 9.93. The van der Waals surface area contributed by atoms with E-state index < -0.39 is 0 Å². The fourth-order valence-corrected chi connectivity index (χ4v) is 7.40. The van der Waals surface area contributed by atoms with Crippen molar-refractivity contribution < 1.29 is 0 Å². The summed E-state index contributed by atoms with van der Waals surface area (Å²) in [7, 11) is 0. The van der Waals surface area contributed by atoms with Gasteiger partial charge in [0.15, 0.2) is 0 Å². The Morgan fingerprint density at radius 1 is 0.235 bits per heavy atom. The molecule has 0 spiro atoms. The molecule has 0 amide bonds. The second-order valence-corrected chi connectivity index (χ2v) is 12.9. The topological polar surface area (TPSA) is 3.24 Å². The van der Waals surface area contributed by atoms with Crippen molar-refractivity contribution in [3.8, 4) is 44.5 Å². The molecule has 51 heavy (non-hydrogen) atoms. The summed E-state index contributed by atoms with van der Waals surface area (Å²) in [5, 5.41) is 4.88. The number of para-hydroxylation sites is 1. The van der Waals surface area contributed by atoms with Crippen molar-refractivity contribution in [3.05, 3.63) is 212 Å². The number of nitrogens with zero attached hydrogens (tertiary/aromatic N) is 1. The summed E-state index contributed by atoms with van der Waals surface area (Å²) in [6.45, 7) is 0. The lowest BCUT2D eigenvalue weighted by Crippen LogP contribution is -2.13. The Labute approximate surface area is 299 Å². The van der Waals surface area contributed by atoms with E-state index >= 15 is 0 Å². The van der Waals surface area contributed by atoms with E-state index in [0.29, 0.717) is 0 Å². The minimum absolute atomic E-state index is 1.12. The molecule has 0 aliphatic heterocycles. The van der Waals surface area contributed by atoms with Crippen molar-refractivity contribution in [2.24, 2.45) is 0 Å². The van der Waals surface area contributed by atoms with Gasteiger partial charge in [0, 0.05) is 16.5 Å². The van der Waals surface area contributed by atoms with Crippen molar-refractivity contribution >= 4 is 38.6 Å². The molecule has 0 N–H and O–H groups in total. The van der Waals surface area contributed by atoms with Crippen LogP contribution in [0.2, 0.25) is 0 Å². The largest absolute Gasteiger partial charge is 0.309 e. The van der Waals surface area contributed by atoms with Gasteiger partial charge >= 0.3 is 0 Å². The summed E-state index contributed by atoms with van der Waals surface area (Å²) in [4.78, 5) is 2.49. The first-order valence-electron chi connectivity index (χ1n) is 17.5. The summed E-state index contributed by atoms with van der Waals surface area (Å²) in [6, 6.07) is 76.8. The number of hydrogen-bond acceptors (Lipinski definition) is 1. The second-order valence-electron chi connectivity index (χ2n) is 12.9. The third-order valence-electron chi connectivity index (χ3n) is 9.88. The molecule has 0 unspecified atom stereocenters. The molecule has 9 aromatic rings. The summed E-state index contributed by atoms with van der Waals surface area (Å²) in [5.74, 6) is 0. The molecule has 0 fully saturated rings. The van der Waals surface area contributed by atoms with Crippen LogP contribution in [-0.4, -0.2) is 0 Å². The Kier molecular flexibility index (Phi) is 7.92. The van der Waals surface area contributed by atoms with Crippen LogP contribution in [0.4, 0.5) is 17.1 Å². The fraction of sp³-hybridized carbons (Fsp3) is 0. The zero-order chi connectivity index (χ0) is 34.0. The van der Waals surface area contributed by atoms with Crippen molar-refractivity contribution in [3.63, 3.8) is 0 Å². The lowest BCUT2D eigenvalue weighted by Gasteiger charge is -2.31. The van der Waals surface area contributed by atoms with Gasteiger partial charge in [-0.25, -0.2) is 0 Å². The quantitative estimate of drug-likeness (QED) is 0.166. The minimum atomic E-state index is 1.12. The van der Waals surface area contributed by atoms with E-state index in [2.05, 4.69) is 217 Å². The van der Waals surface area contributed by atoms with Crippen molar-refractivity contribution in [1.29, 1.82) is 0 Å². The SMILES string of the molecule is c1ccc(-c2ccc(-c3ccccc3N(c3cc(-c4cccc5ccccc45)ccc3-c3ccccc3)c3cccc4ccccc34)cc2)cc1. The Morgan fingerprint density at radius 3 is 1.45 bits per heavy atom. The first kappa shape index (κ1) is 30.4. The summed E-state index contributed by atoms with van der Waals surface area (Å²) in [5.41, 5.74) is 12.9. The summed E-state index contributed by atoms with van der Waals surface area (Å²) < 4.78 is 0. The van der Waals surface area contributed by atoms with Crippen LogP contribution in [-0.2, 0) is 0 Å². The van der Waals surface area contributed by atoms with Crippen LogP contribution >= 0.6 is 0 Å². The highest BCUT2D eigenvalue weighted by molar-refractivity contribution is 6.05.